The highest BCUT2D eigenvalue weighted by Gasteiger charge is 2.52. The predicted molar refractivity (Wildman–Crippen MR) is 76.7 cm³/mol. The topological polar surface area (TPSA) is 49.8 Å². The summed E-state index contributed by atoms with van der Waals surface area (Å²) in [4.78, 5) is 12.9. The largest absolute Gasteiger partial charge is 0.505 e. The van der Waals surface area contributed by atoms with Crippen molar-refractivity contribution in [1.82, 2.24) is 4.90 Å². The maximum atomic E-state index is 10.3. The monoisotopic (exact) mass is 281 g/mol. The third kappa shape index (κ3) is 2.80. The van der Waals surface area contributed by atoms with E-state index >= 15 is 0 Å². The van der Waals surface area contributed by atoms with Crippen molar-refractivity contribution in [2.45, 2.75) is 56.9 Å². The Balaban J connectivity index is 1.47. The molecule has 1 N–H and O–H groups in total. The standard InChI is InChI=1S/C16H27NO3/c1-17(4-2-3-5-20-15(18)19)16-9-12-6-13(10-16)8-14(7-12)11-16/h12-14H,2-11H2,1H3,(H,18,19). The van der Waals surface area contributed by atoms with Gasteiger partial charge in [-0.05, 0) is 82.7 Å². The quantitative estimate of drug-likeness (QED) is 0.599. The minimum atomic E-state index is -1.15. The molecule has 0 aliphatic heterocycles. The number of ether oxygens (including phenoxy) is 1. The average Bonchev–Trinajstić information content (AvgIpc) is 2.36. The van der Waals surface area contributed by atoms with Gasteiger partial charge in [0.1, 0.15) is 0 Å². The highest BCUT2D eigenvalue weighted by molar-refractivity contribution is 5.56. The van der Waals surface area contributed by atoms with Crippen LogP contribution in [0, 0.1) is 17.8 Å². The van der Waals surface area contributed by atoms with Gasteiger partial charge in [-0.25, -0.2) is 4.79 Å². The van der Waals surface area contributed by atoms with Gasteiger partial charge in [0.15, 0.2) is 0 Å². The van der Waals surface area contributed by atoms with E-state index in [0.717, 1.165) is 37.1 Å². The molecular weight excluding hydrogens is 254 g/mol. The maximum Gasteiger partial charge on any atom is 0.505 e. The van der Waals surface area contributed by atoms with Gasteiger partial charge in [-0.1, -0.05) is 0 Å². The van der Waals surface area contributed by atoms with E-state index in [4.69, 9.17) is 5.11 Å². The van der Waals surface area contributed by atoms with E-state index in [1.807, 2.05) is 0 Å². The summed E-state index contributed by atoms with van der Waals surface area (Å²) < 4.78 is 4.57. The first-order valence-electron chi connectivity index (χ1n) is 8.14. The number of nitrogens with zero attached hydrogens (tertiary/aromatic N) is 1. The minimum absolute atomic E-state index is 0.337. The zero-order chi connectivity index (χ0) is 14.2. The van der Waals surface area contributed by atoms with E-state index in [9.17, 15) is 4.79 Å². The number of unbranched alkanes of at least 4 members (excludes halogenated alkanes) is 1. The third-order valence-corrected chi connectivity index (χ3v) is 5.93. The predicted octanol–water partition coefficient (Wildman–Crippen LogP) is 3.36. The molecule has 114 valence electrons. The fraction of sp³-hybridized carbons (Fsp3) is 0.938. The zero-order valence-corrected chi connectivity index (χ0v) is 12.5. The van der Waals surface area contributed by atoms with E-state index in [1.165, 1.54) is 38.5 Å². The lowest BCUT2D eigenvalue weighted by molar-refractivity contribution is -0.0795. The Kier molecular flexibility index (Phi) is 3.93. The van der Waals surface area contributed by atoms with Crippen LogP contribution in [0.4, 0.5) is 4.79 Å². The van der Waals surface area contributed by atoms with Crippen LogP contribution in [0.2, 0.25) is 0 Å². The molecule has 4 bridgehead atoms. The Bertz CT molecular complexity index is 333. The minimum Gasteiger partial charge on any atom is -0.450 e. The van der Waals surface area contributed by atoms with Crippen molar-refractivity contribution in [3.05, 3.63) is 0 Å². The van der Waals surface area contributed by atoms with Crippen molar-refractivity contribution in [1.29, 1.82) is 0 Å². The molecule has 4 aliphatic carbocycles. The van der Waals surface area contributed by atoms with Gasteiger partial charge in [0.05, 0.1) is 6.61 Å². The normalized spacial score (nSPS) is 38.4. The highest BCUT2D eigenvalue weighted by Crippen LogP contribution is 2.57. The molecule has 0 heterocycles. The van der Waals surface area contributed by atoms with Gasteiger partial charge in [0.25, 0.3) is 0 Å². The van der Waals surface area contributed by atoms with Crippen LogP contribution in [0.5, 0.6) is 0 Å². The highest BCUT2D eigenvalue weighted by atomic mass is 16.7. The summed E-state index contributed by atoms with van der Waals surface area (Å²) in [6.45, 7) is 1.42. The van der Waals surface area contributed by atoms with E-state index < -0.39 is 6.16 Å². The molecule has 4 aliphatic rings. The molecule has 4 heteroatoms. The molecule has 0 aromatic carbocycles. The van der Waals surface area contributed by atoms with Crippen LogP contribution in [0.3, 0.4) is 0 Å². The van der Waals surface area contributed by atoms with Gasteiger partial charge < -0.3 is 14.7 Å². The third-order valence-electron chi connectivity index (χ3n) is 5.93. The van der Waals surface area contributed by atoms with E-state index in [2.05, 4.69) is 16.7 Å². The summed E-state index contributed by atoms with van der Waals surface area (Å²) in [6.07, 6.45) is 9.38. The zero-order valence-electron chi connectivity index (χ0n) is 12.5. The van der Waals surface area contributed by atoms with Crippen LogP contribution in [0.1, 0.15) is 51.4 Å². The lowest BCUT2D eigenvalue weighted by Crippen LogP contribution is -2.58. The second-order valence-electron chi connectivity index (χ2n) is 7.38. The first kappa shape index (κ1) is 14.2. The lowest BCUT2D eigenvalue weighted by Gasteiger charge is -2.60. The van der Waals surface area contributed by atoms with Crippen LogP contribution in [-0.4, -0.2) is 41.9 Å². The van der Waals surface area contributed by atoms with Gasteiger partial charge in [-0.2, -0.15) is 0 Å². The molecule has 4 rings (SSSR count). The molecule has 0 aromatic rings. The van der Waals surface area contributed by atoms with E-state index in [-0.39, 0.29) is 0 Å². The summed E-state index contributed by atoms with van der Waals surface area (Å²) in [7, 11) is 2.28. The maximum absolute atomic E-state index is 10.3. The molecule has 0 unspecified atom stereocenters. The fourth-order valence-corrected chi connectivity index (χ4v) is 5.38. The number of rotatable bonds is 6. The molecule has 0 spiro atoms. The number of hydrogen-bond donors (Lipinski definition) is 1. The van der Waals surface area contributed by atoms with Crippen molar-refractivity contribution >= 4 is 6.16 Å². The average molecular weight is 281 g/mol. The Hall–Kier alpha value is -0.770. The molecule has 0 amide bonds. The van der Waals surface area contributed by atoms with Gasteiger partial charge in [0, 0.05) is 5.54 Å². The second-order valence-corrected chi connectivity index (χ2v) is 7.38. The Labute approximate surface area is 121 Å². The summed E-state index contributed by atoms with van der Waals surface area (Å²) in [5, 5.41) is 8.44. The van der Waals surface area contributed by atoms with Crippen LogP contribution < -0.4 is 0 Å². The first-order valence-corrected chi connectivity index (χ1v) is 8.14. The molecule has 4 fully saturated rings. The van der Waals surface area contributed by atoms with Gasteiger partial charge >= 0.3 is 6.16 Å². The molecule has 20 heavy (non-hydrogen) atoms. The molecule has 4 nitrogen and oxygen atoms in total. The summed E-state index contributed by atoms with van der Waals surface area (Å²) >= 11 is 0. The number of hydrogen-bond acceptors (Lipinski definition) is 3. The van der Waals surface area contributed by atoms with Gasteiger partial charge in [0.2, 0.25) is 0 Å². The van der Waals surface area contributed by atoms with Gasteiger partial charge in [-0.3, -0.25) is 0 Å². The van der Waals surface area contributed by atoms with Crippen molar-refractivity contribution in [2.75, 3.05) is 20.2 Å². The second kappa shape index (κ2) is 5.55. The fourth-order valence-electron chi connectivity index (χ4n) is 5.38. The van der Waals surface area contributed by atoms with Crippen LogP contribution in [0.15, 0.2) is 0 Å². The van der Waals surface area contributed by atoms with Crippen LogP contribution in [-0.2, 0) is 4.74 Å². The summed E-state index contributed by atoms with van der Waals surface area (Å²) in [6, 6.07) is 0. The van der Waals surface area contributed by atoms with E-state index in [1.54, 1.807) is 0 Å². The lowest BCUT2D eigenvalue weighted by atomic mass is 9.52. The van der Waals surface area contributed by atoms with Gasteiger partial charge in [-0.15, -0.1) is 0 Å². The Morgan fingerprint density at radius 1 is 1.15 bits per heavy atom. The molecule has 0 radical (unpaired) electrons. The van der Waals surface area contributed by atoms with Crippen molar-refractivity contribution < 1.29 is 14.6 Å². The molecular formula is C16H27NO3. The Morgan fingerprint density at radius 2 is 1.70 bits per heavy atom. The molecule has 0 saturated heterocycles. The first-order chi connectivity index (χ1) is 9.57. The number of carboxylic acid groups (broad SMARTS) is 1. The summed E-state index contributed by atoms with van der Waals surface area (Å²) in [5.74, 6) is 2.96. The Morgan fingerprint density at radius 3 is 2.20 bits per heavy atom. The smallest absolute Gasteiger partial charge is 0.450 e. The van der Waals surface area contributed by atoms with E-state index in [0.29, 0.717) is 12.1 Å². The van der Waals surface area contributed by atoms with Crippen LogP contribution in [0.25, 0.3) is 0 Å². The van der Waals surface area contributed by atoms with Crippen LogP contribution >= 0.6 is 0 Å². The van der Waals surface area contributed by atoms with Crippen molar-refractivity contribution in [3.63, 3.8) is 0 Å². The SMILES string of the molecule is CN(CCCCOC(=O)O)C12CC3CC(CC(C3)C1)C2. The molecule has 0 atom stereocenters. The van der Waals surface area contributed by atoms with Crippen molar-refractivity contribution in [2.24, 2.45) is 17.8 Å². The number of carbonyl (C=O) groups is 1. The molecule has 4 saturated carbocycles. The summed E-state index contributed by atoms with van der Waals surface area (Å²) in [5.41, 5.74) is 0.475. The van der Waals surface area contributed by atoms with Crippen molar-refractivity contribution in [3.8, 4) is 0 Å². The molecule has 0 aromatic heterocycles.